The lowest BCUT2D eigenvalue weighted by Gasteiger charge is -2.34. The van der Waals surface area contributed by atoms with E-state index in [4.69, 9.17) is 14.9 Å². The van der Waals surface area contributed by atoms with Gasteiger partial charge in [0.25, 0.3) is 0 Å². The van der Waals surface area contributed by atoms with Crippen LogP contribution in [0, 0.1) is 11.3 Å². The third-order valence-electron chi connectivity index (χ3n) is 3.39. The van der Waals surface area contributed by atoms with Crippen LogP contribution in [0.2, 0.25) is 0 Å². The van der Waals surface area contributed by atoms with Gasteiger partial charge in [-0.1, -0.05) is 33.6 Å². The monoisotopic (exact) mass is 280 g/mol. The lowest BCUT2D eigenvalue weighted by molar-refractivity contribution is -0.145. The van der Waals surface area contributed by atoms with Crippen molar-refractivity contribution in [3.8, 4) is 0 Å². The minimum absolute atomic E-state index is 0.201. The highest BCUT2D eigenvalue weighted by Crippen LogP contribution is 2.43. The molecule has 0 aliphatic heterocycles. The summed E-state index contributed by atoms with van der Waals surface area (Å²) in [6.45, 7) is 5.15. The molecule has 0 aliphatic rings. The largest absolute Gasteiger partial charge is 0.481 e. The number of hydrogen-bond donors (Lipinski definition) is 3. The molecular weight excluding hydrogens is 259 g/mol. The van der Waals surface area contributed by atoms with Gasteiger partial charge in [-0.25, -0.2) is 0 Å². The molecule has 106 valence electrons. The molecule has 0 bridgehead atoms. The van der Waals surface area contributed by atoms with Crippen molar-refractivity contribution in [2.75, 3.05) is 6.16 Å². The SMILES string of the molecule is CCC(CC)C(C)(CC(=O)O)C(=O)CP(=O)(O)O. The highest BCUT2D eigenvalue weighted by atomic mass is 31.2. The van der Waals surface area contributed by atoms with Crippen molar-refractivity contribution in [3.05, 3.63) is 0 Å². The molecule has 0 saturated heterocycles. The number of carbonyl (C=O) groups excluding carboxylic acids is 1. The van der Waals surface area contributed by atoms with E-state index in [2.05, 4.69) is 0 Å². The van der Waals surface area contributed by atoms with E-state index in [-0.39, 0.29) is 5.92 Å². The highest BCUT2D eigenvalue weighted by Gasteiger charge is 2.43. The molecule has 0 aromatic heterocycles. The van der Waals surface area contributed by atoms with Crippen LogP contribution in [-0.4, -0.2) is 32.8 Å². The number of rotatable bonds is 8. The fourth-order valence-electron chi connectivity index (χ4n) is 2.34. The van der Waals surface area contributed by atoms with E-state index in [1.165, 1.54) is 6.92 Å². The summed E-state index contributed by atoms with van der Waals surface area (Å²) in [6, 6.07) is 0. The van der Waals surface area contributed by atoms with Gasteiger partial charge in [-0.15, -0.1) is 0 Å². The van der Waals surface area contributed by atoms with Gasteiger partial charge in [-0.05, 0) is 5.92 Å². The van der Waals surface area contributed by atoms with E-state index >= 15 is 0 Å². The van der Waals surface area contributed by atoms with Crippen LogP contribution < -0.4 is 0 Å². The van der Waals surface area contributed by atoms with Gasteiger partial charge in [0.1, 0.15) is 6.16 Å². The first-order chi connectivity index (χ1) is 8.06. The maximum atomic E-state index is 12.0. The summed E-state index contributed by atoms with van der Waals surface area (Å²) < 4.78 is 10.9. The predicted molar refractivity (Wildman–Crippen MR) is 66.3 cm³/mol. The van der Waals surface area contributed by atoms with Crippen LogP contribution in [0.1, 0.15) is 40.0 Å². The van der Waals surface area contributed by atoms with Crippen LogP contribution in [0.4, 0.5) is 0 Å². The first-order valence-electron chi connectivity index (χ1n) is 5.86. The van der Waals surface area contributed by atoms with Gasteiger partial charge in [0.15, 0.2) is 5.78 Å². The number of carbonyl (C=O) groups is 2. The Morgan fingerprint density at radius 1 is 1.22 bits per heavy atom. The Bertz CT molecular complexity index is 357. The minimum atomic E-state index is -4.46. The van der Waals surface area contributed by atoms with E-state index in [0.717, 1.165) is 0 Å². The molecule has 0 saturated carbocycles. The Morgan fingerprint density at radius 3 is 1.94 bits per heavy atom. The summed E-state index contributed by atoms with van der Waals surface area (Å²) in [5.74, 6) is -2.01. The van der Waals surface area contributed by atoms with E-state index in [1.807, 2.05) is 13.8 Å². The average molecular weight is 280 g/mol. The average Bonchev–Trinajstić information content (AvgIpc) is 2.15. The molecule has 1 unspecified atom stereocenters. The van der Waals surface area contributed by atoms with Crippen molar-refractivity contribution < 1.29 is 29.0 Å². The molecule has 0 aromatic carbocycles. The smallest absolute Gasteiger partial charge is 0.332 e. The zero-order chi connectivity index (χ0) is 14.6. The molecule has 1 atom stereocenters. The summed E-state index contributed by atoms with van der Waals surface area (Å²) in [5, 5.41) is 8.89. The van der Waals surface area contributed by atoms with Gasteiger partial charge in [0.05, 0.1) is 6.42 Å². The first-order valence-corrected chi connectivity index (χ1v) is 7.66. The van der Waals surface area contributed by atoms with Crippen molar-refractivity contribution in [2.24, 2.45) is 11.3 Å². The van der Waals surface area contributed by atoms with Crippen molar-refractivity contribution in [2.45, 2.75) is 40.0 Å². The summed E-state index contributed by atoms with van der Waals surface area (Å²) in [5.41, 5.74) is -1.23. The number of carboxylic acids is 1. The summed E-state index contributed by atoms with van der Waals surface area (Å²) in [7, 11) is -4.46. The minimum Gasteiger partial charge on any atom is -0.481 e. The Labute approximate surface area is 107 Å². The maximum Gasteiger partial charge on any atom is 0.332 e. The van der Waals surface area contributed by atoms with E-state index in [1.54, 1.807) is 0 Å². The second-order valence-electron chi connectivity index (χ2n) is 4.75. The standard InChI is InChI=1S/C11H21O6P/c1-4-8(5-2)11(3,6-10(13)14)9(12)7-18(15,16)17/h8H,4-7H2,1-3H3,(H,13,14)(H2,15,16,17). The van der Waals surface area contributed by atoms with Crippen molar-refractivity contribution in [1.29, 1.82) is 0 Å². The lowest BCUT2D eigenvalue weighted by atomic mass is 9.69. The fraction of sp³-hybridized carbons (Fsp3) is 0.818. The molecular formula is C11H21O6P. The van der Waals surface area contributed by atoms with Gasteiger partial charge in [-0.2, -0.15) is 0 Å². The van der Waals surface area contributed by atoms with Crippen molar-refractivity contribution in [1.82, 2.24) is 0 Å². The quantitative estimate of drug-likeness (QED) is 0.583. The molecule has 0 rings (SSSR count). The number of aliphatic carboxylic acids is 1. The van der Waals surface area contributed by atoms with Crippen LogP contribution in [0.15, 0.2) is 0 Å². The molecule has 0 radical (unpaired) electrons. The van der Waals surface area contributed by atoms with Gasteiger partial charge in [-0.3, -0.25) is 14.2 Å². The molecule has 6 nitrogen and oxygen atoms in total. The second kappa shape index (κ2) is 6.45. The van der Waals surface area contributed by atoms with Gasteiger partial charge in [0.2, 0.25) is 0 Å². The molecule has 0 aromatic rings. The Balaban J connectivity index is 5.26. The third-order valence-corrected chi connectivity index (χ3v) is 4.09. The van der Waals surface area contributed by atoms with Crippen molar-refractivity contribution >= 4 is 19.3 Å². The molecule has 0 spiro atoms. The fourth-order valence-corrected chi connectivity index (χ4v) is 3.08. The zero-order valence-corrected chi connectivity index (χ0v) is 11.8. The van der Waals surface area contributed by atoms with Crippen LogP contribution >= 0.6 is 7.60 Å². The number of carboxylic acid groups (broad SMARTS) is 1. The normalized spacial score (nSPS) is 15.4. The van der Waals surface area contributed by atoms with Crippen LogP contribution in [0.3, 0.4) is 0 Å². The number of ketones is 1. The lowest BCUT2D eigenvalue weighted by Crippen LogP contribution is -2.39. The summed E-state index contributed by atoms with van der Waals surface area (Å²) in [4.78, 5) is 40.6. The highest BCUT2D eigenvalue weighted by molar-refractivity contribution is 7.52. The van der Waals surface area contributed by atoms with E-state index in [9.17, 15) is 14.2 Å². The summed E-state index contributed by atoms with van der Waals surface area (Å²) >= 11 is 0. The number of hydrogen-bond acceptors (Lipinski definition) is 3. The van der Waals surface area contributed by atoms with E-state index in [0.29, 0.717) is 12.8 Å². The zero-order valence-electron chi connectivity index (χ0n) is 10.9. The second-order valence-corrected chi connectivity index (χ2v) is 6.39. The molecule has 7 heteroatoms. The van der Waals surface area contributed by atoms with Gasteiger partial charge < -0.3 is 14.9 Å². The molecule has 18 heavy (non-hydrogen) atoms. The molecule has 0 heterocycles. The molecule has 0 fully saturated rings. The van der Waals surface area contributed by atoms with E-state index < -0.39 is 37.3 Å². The summed E-state index contributed by atoms with van der Waals surface area (Å²) in [6.07, 6.45) is -0.119. The predicted octanol–water partition coefficient (Wildman–Crippen LogP) is 1.65. The Hall–Kier alpha value is -0.710. The molecule has 0 aliphatic carbocycles. The Morgan fingerprint density at radius 2 is 1.67 bits per heavy atom. The topological polar surface area (TPSA) is 112 Å². The van der Waals surface area contributed by atoms with Crippen LogP contribution in [0.5, 0.6) is 0 Å². The molecule has 0 amide bonds. The van der Waals surface area contributed by atoms with Crippen LogP contribution in [-0.2, 0) is 14.2 Å². The third kappa shape index (κ3) is 4.88. The number of Topliss-reactive ketones (excluding diaryl/α,β-unsaturated/α-hetero) is 1. The maximum absolute atomic E-state index is 12.0. The van der Waals surface area contributed by atoms with Gasteiger partial charge in [0, 0.05) is 5.41 Å². The first kappa shape index (κ1) is 17.3. The molecule has 3 N–H and O–H groups in total. The Kier molecular flexibility index (Phi) is 6.20. The van der Waals surface area contributed by atoms with Gasteiger partial charge >= 0.3 is 13.6 Å². The van der Waals surface area contributed by atoms with Crippen LogP contribution in [0.25, 0.3) is 0 Å². The van der Waals surface area contributed by atoms with Crippen molar-refractivity contribution in [3.63, 3.8) is 0 Å².